The summed E-state index contributed by atoms with van der Waals surface area (Å²) in [5, 5.41) is 3.64. The second kappa shape index (κ2) is 9.08. The lowest BCUT2D eigenvalue weighted by atomic mass is 9.93. The Bertz CT molecular complexity index is 379. The largest absolute Gasteiger partial charge is 0.381 e. The number of nitrogens with one attached hydrogen (secondary N) is 1. The fraction of sp³-hybridized carbons (Fsp3) is 0.625. The minimum Gasteiger partial charge on any atom is -0.381 e. The summed E-state index contributed by atoms with van der Waals surface area (Å²) in [7, 11) is 0. The second-order valence-corrected chi connectivity index (χ2v) is 7.32. The van der Waals surface area contributed by atoms with Gasteiger partial charge in [0.2, 0.25) is 0 Å². The van der Waals surface area contributed by atoms with Crippen LogP contribution in [-0.4, -0.2) is 31.6 Å². The molecule has 0 spiro atoms. The molecule has 0 radical (unpaired) electrons. The molecule has 0 bridgehead atoms. The molecule has 1 atom stereocenters. The van der Waals surface area contributed by atoms with Crippen LogP contribution in [0.25, 0.3) is 0 Å². The lowest BCUT2D eigenvalue weighted by Crippen LogP contribution is -2.34. The lowest BCUT2D eigenvalue weighted by Gasteiger charge is -2.27. The van der Waals surface area contributed by atoms with Gasteiger partial charge in [0.25, 0.3) is 0 Å². The number of rotatable bonds is 7. The minimum atomic E-state index is 0.608. The average molecular weight is 358 g/mol. The van der Waals surface area contributed by atoms with Crippen LogP contribution in [0.1, 0.15) is 26.2 Å². The Morgan fingerprint density at radius 1 is 1.30 bits per heavy atom. The number of hydrogen-bond acceptors (Lipinski definition) is 3. The molecule has 1 unspecified atom stereocenters. The fourth-order valence-corrected chi connectivity index (χ4v) is 3.85. The van der Waals surface area contributed by atoms with Crippen molar-refractivity contribution < 1.29 is 4.74 Å². The molecule has 20 heavy (non-hydrogen) atoms. The lowest BCUT2D eigenvalue weighted by molar-refractivity contribution is 0.0614. The van der Waals surface area contributed by atoms with Crippen molar-refractivity contribution in [2.45, 2.75) is 37.1 Å². The van der Waals surface area contributed by atoms with Crippen LogP contribution in [0, 0.1) is 5.92 Å². The maximum atomic E-state index is 5.45. The van der Waals surface area contributed by atoms with E-state index in [0.717, 1.165) is 35.9 Å². The standard InChI is InChI=1S/C16H24BrNOS/c1-2-18-15(11-13-7-9-19-10-8-13)12-20-16-5-3-14(17)4-6-16/h3-6,13,15,18H,2,7-12H2,1H3. The first-order chi connectivity index (χ1) is 9.78. The Balaban J connectivity index is 1.80. The molecule has 0 aromatic heterocycles. The van der Waals surface area contributed by atoms with Crippen LogP contribution in [-0.2, 0) is 4.74 Å². The topological polar surface area (TPSA) is 21.3 Å². The fourth-order valence-electron chi connectivity index (χ4n) is 2.61. The summed E-state index contributed by atoms with van der Waals surface area (Å²) in [6, 6.07) is 9.21. The van der Waals surface area contributed by atoms with Crippen molar-refractivity contribution in [3.05, 3.63) is 28.7 Å². The summed E-state index contributed by atoms with van der Waals surface area (Å²) in [6.45, 7) is 5.14. The van der Waals surface area contributed by atoms with Gasteiger partial charge >= 0.3 is 0 Å². The molecule has 1 aromatic rings. The van der Waals surface area contributed by atoms with Crippen molar-refractivity contribution in [2.75, 3.05) is 25.5 Å². The first-order valence-corrected chi connectivity index (χ1v) is 9.25. The SMILES string of the molecule is CCNC(CSc1ccc(Br)cc1)CC1CCOCC1. The molecule has 2 rings (SSSR count). The van der Waals surface area contributed by atoms with Crippen LogP contribution in [0.4, 0.5) is 0 Å². The molecule has 1 N–H and O–H groups in total. The molecule has 1 aromatic carbocycles. The Morgan fingerprint density at radius 3 is 2.65 bits per heavy atom. The van der Waals surface area contributed by atoms with Gasteiger partial charge in [0.1, 0.15) is 0 Å². The normalized spacial score (nSPS) is 18.1. The van der Waals surface area contributed by atoms with Gasteiger partial charge in [-0.1, -0.05) is 22.9 Å². The van der Waals surface area contributed by atoms with Crippen LogP contribution >= 0.6 is 27.7 Å². The van der Waals surface area contributed by atoms with Crippen molar-refractivity contribution in [3.8, 4) is 0 Å². The predicted octanol–water partition coefficient (Wildman–Crippen LogP) is 4.34. The van der Waals surface area contributed by atoms with E-state index in [4.69, 9.17) is 4.74 Å². The van der Waals surface area contributed by atoms with E-state index in [1.807, 2.05) is 11.8 Å². The van der Waals surface area contributed by atoms with E-state index in [0.29, 0.717) is 6.04 Å². The summed E-state index contributed by atoms with van der Waals surface area (Å²) >= 11 is 5.43. The van der Waals surface area contributed by atoms with E-state index in [1.165, 1.54) is 24.2 Å². The zero-order valence-corrected chi connectivity index (χ0v) is 14.5. The third-order valence-corrected chi connectivity index (χ3v) is 5.42. The monoisotopic (exact) mass is 357 g/mol. The van der Waals surface area contributed by atoms with Crippen LogP contribution in [0.15, 0.2) is 33.6 Å². The van der Waals surface area contributed by atoms with Gasteiger partial charge < -0.3 is 10.1 Å². The van der Waals surface area contributed by atoms with Gasteiger partial charge in [0.05, 0.1) is 0 Å². The summed E-state index contributed by atoms with van der Waals surface area (Å²) in [4.78, 5) is 1.35. The summed E-state index contributed by atoms with van der Waals surface area (Å²) in [6.07, 6.45) is 3.73. The third kappa shape index (κ3) is 5.76. The molecule has 1 fully saturated rings. The van der Waals surface area contributed by atoms with Crippen LogP contribution in [0.2, 0.25) is 0 Å². The van der Waals surface area contributed by atoms with Gasteiger partial charge in [-0.2, -0.15) is 0 Å². The Hall–Kier alpha value is -0.0300. The molecule has 0 amide bonds. The molecule has 1 aliphatic rings. The molecule has 0 saturated carbocycles. The van der Waals surface area contributed by atoms with Gasteiger partial charge in [0.15, 0.2) is 0 Å². The van der Waals surface area contributed by atoms with E-state index in [1.54, 1.807) is 0 Å². The van der Waals surface area contributed by atoms with Gasteiger partial charge in [-0.25, -0.2) is 0 Å². The first kappa shape index (κ1) is 16.3. The van der Waals surface area contributed by atoms with Crippen molar-refractivity contribution in [1.82, 2.24) is 5.32 Å². The Labute approximate surface area is 135 Å². The average Bonchev–Trinajstić information content (AvgIpc) is 2.48. The molecular weight excluding hydrogens is 334 g/mol. The highest BCUT2D eigenvalue weighted by Crippen LogP contribution is 2.25. The Kier molecular flexibility index (Phi) is 7.42. The molecule has 1 aliphatic heterocycles. The number of hydrogen-bond donors (Lipinski definition) is 1. The smallest absolute Gasteiger partial charge is 0.0468 e. The molecule has 4 heteroatoms. The molecule has 2 nitrogen and oxygen atoms in total. The third-order valence-electron chi connectivity index (χ3n) is 3.72. The Morgan fingerprint density at radius 2 is 2.00 bits per heavy atom. The van der Waals surface area contributed by atoms with Gasteiger partial charge in [0, 0.05) is 34.4 Å². The van der Waals surface area contributed by atoms with E-state index in [-0.39, 0.29) is 0 Å². The number of thioether (sulfide) groups is 1. The van der Waals surface area contributed by atoms with Gasteiger partial charge in [-0.3, -0.25) is 0 Å². The molecular formula is C16H24BrNOS. The number of ether oxygens (including phenoxy) is 1. The molecule has 1 saturated heterocycles. The maximum Gasteiger partial charge on any atom is 0.0468 e. The van der Waals surface area contributed by atoms with E-state index < -0.39 is 0 Å². The molecule has 112 valence electrons. The highest BCUT2D eigenvalue weighted by Gasteiger charge is 2.18. The van der Waals surface area contributed by atoms with Crippen molar-refractivity contribution in [1.29, 1.82) is 0 Å². The van der Waals surface area contributed by atoms with E-state index in [9.17, 15) is 0 Å². The highest BCUT2D eigenvalue weighted by atomic mass is 79.9. The van der Waals surface area contributed by atoms with E-state index in [2.05, 4.69) is 52.4 Å². The zero-order chi connectivity index (χ0) is 14.2. The predicted molar refractivity (Wildman–Crippen MR) is 90.5 cm³/mol. The van der Waals surface area contributed by atoms with Gasteiger partial charge in [-0.05, 0) is 56.0 Å². The minimum absolute atomic E-state index is 0.608. The van der Waals surface area contributed by atoms with Crippen molar-refractivity contribution in [3.63, 3.8) is 0 Å². The van der Waals surface area contributed by atoms with Gasteiger partial charge in [-0.15, -0.1) is 11.8 Å². The van der Waals surface area contributed by atoms with Crippen molar-refractivity contribution in [2.24, 2.45) is 5.92 Å². The van der Waals surface area contributed by atoms with Crippen LogP contribution in [0.5, 0.6) is 0 Å². The maximum absolute atomic E-state index is 5.45. The summed E-state index contributed by atoms with van der Waals surface area (Å²) < 4.78 is 6.60. The summed E-state index contributed by atoms with van der Waals surface area (Å²) in [5.74, 6) is 1.98. The quantitative estimate of drug-likeness (QED) is 0.733. The summed E-state index contributed by atoms with van der Waals surface area (Å²) in [5.41, 5.74) is 0. The highest BCUT2D eigenvalue weighted by molar-refractivity contribution is 9.10. The molecule has 1 heterocycles. The number of benzene rings is 1. The first-order valence-electron chi connectivity index (χ1n) is 7.47. The van der Waals surface area contributed by atoms with Crippen LogP contribution in [0.3, 0.4) is 0 Å². The van der Waals surface area contributed by atoms with Crippen molar-refractivity contribution >= 4 is 27.7 Å². The molecule has 0 aliphatic carbocycles. The van der Waals surface area contributed by atoms with E-state index >= 15 is 0 Å². The van der Waals surface area contributed by atoms with Crippen LogP contribution < -0.4 is 5.32 Å². The zero-order valence-electron chi connectivity index (χ0n) is 12.1. The second-order valence-electron chi connectivity index (χ2n) is 5.31. The number of halogens is 1.